The largest absolute Gasteiger partial charge is 0.286 e. The summed E-state index contributed by atoms with van der Waals surface area (Å²) in [7, 11) is 0. The van der Waals surface area contributed by atoms with Gasteiger partial charge in [0.1, 0.15) is 0 Å². The molecule has 0 aromatic heterocycles. The van der Waals surface area contributed by atoms with Gasteiger partial charge in [0.2, 0.25) is 4.69 Å². The van der Waals surface area contributed by atoms with Gasteiger partial charge in [0.15, 0.2) is 0 Å². The highest BCUT2D eigenvalue weighted by Crippen LogP contribution is 2.22. The van der Waals surface area contributed by atoms with Crippen LogP contribution in [0.1, 0.15) is 5.56 Å². The van der Waals surface area contributed by atoms with Gasteiger partial charge < -0.3 is 0 Å². The van der Waals surface area contributed by atoms with Crippen molar-refractivity contribution in [1.82, 2.24) is 0 Å². The van der Waals surface area contributed by atoms with Gasteiger partial charge in [-0.1, -0.05) is 52.3 Å². The summed E-state index contributed by atoms with van der Waals surface area (Å²) >= 11 is 6.35. The lowest BCUT2D eigenvalue weighted by Gasteiger charge is -2.03. The van der Waals surface area contributed by atoms with E-state index in [0.29, 0.717) is 6.42 Å². The fourth-order valence-corrected chi connectivity index (χ4v) is 2.21. The van der Waals surface area contributed by atoms with E-state index in [9.17, 15) is 4.79 Å². The summed E-state index contributed by atoms with van der Waals surface area (Å²) in [5, 5.41) is 0. The van der Waals surface area contributed by atoms with Crippen molar-refractivity contribution in [3.05, 3.63) is 58.6 Å². The summed E-state index contributed by atoms with van der Waals surface area (Å²) in [4.78, 5) is 10.9. The van der Waals surface area contributed by atoms with Crippen LogP contribution in [-0.4, -0.2) is 4.69 Å². The number of hydrogen-bond acceptors (Lipinski definition) is 1. The standard InChI is InChI=1S/C14H10Br2O/c15-13-7-5-12(6-8-13)11-3-1-10(2-4-11)9-14(16)17/h1-8H,9H2. The van der Waals surface area contributed by atoms with E-state index in [2.05, 4.69) is 44.0 Å². The predicted octanol–water partition coefficient (Wildman–Crippen LogP) is 4.58. The van der Waals surface area contributed by atoms with Crippen LogP contribution < -0.4 is 0 Å². The van der Waals surface area contributed by atoms with Gasteiger partial charge in [0, 0.05) is 10.9 Å². The van der Waals surface area contributed by atoms with E-state index in [0.717, 1.165) is 15.6 Å². The summed E-state index contributed by atoms with van der Waals surface area (Å²) in [5.74, 6) is 0. The van der Waals surface area contributed by atoms with Crippen LogP contribution in [0.4, 0.5) is 0 Å². The van der Waals surface area contributed by atoms with Crippen LogP contribution in [-0.2, 0) is 11.2 Å². The van der Waals surface area contributed by atoms with Gasteiger partial charge >= 0.3 is 0 Å². The Balaban J connectivity index is 2.23. The van der Waals surface area contributed by atoms with Gasteiger partial charge in [0.05, 0.1) is 0 Å². The van der Waals surface area contributed by atoms with Gasteiger partial charge in [-0.05, 0) is 44.8 Å². The highest BCUT2D eigenvalue weighted by molar-refractivity contribution is 9.18. The van der Waals surface area contributed by atoms with Crippen LogP contribution in [0.5, 0.6) is 0 Å². The summed E-state index contributed by atoms with van der Waals surface area (Å²) < 4.78 is 1.08. The lowest BCUT2D eigenvalue weighted by atomic mass is 10.0. The third kappa shape index (κ3) is 3.51. The number of hydrogen-bond donors (Lipinski definition) is 0. The Hall–Kier alpha value is -0.930. The molecule has 0 atom stereocenters. The lowest BCUT2D eigenvalue weighted by molar-refractivity contribution is -0.109. The molecule has 86 valence electrons. The molecule has 0 saturated carbocycles. The molecule has 0 radical (unpaired) electrons. The maximum Gasteiger partial charge on any atom is 0.202 e. The molecule has 17 heavy (non-hydrogen) atoms. The molecule has 0 aliphatic rings. The second kappa shape index (κ2) is 5.61. The summed E-state index contributed by atoms with van der Waals surface area (Å²) in [5.41, 5.74) is 3.35. The normalized spacial score (nSPS) is 10.2. The predicted molar refractivity (Wildman–Crippen MR) is 77.2 cm³/mol. The highest BCUT2D eigenvalue weighted by atomic mass is 79.9. The van der Waals surface area contributed by atoms with Crippen LogP contribution in [0.25, 0.3) is 11.1 Å². The highest BCUT2D eigenvalue weighted by Gasteiger charge is 2.01. The first-order chi connectivity index (χ1) is 8.15. The third-order valence-electron chi connectivity index (χ3n) is 2.47. The van der Waals surface area contributed by atoms with Gasteiger partial charge in [-0.25, -0.2) is 0 Å². The summed E-state index contributed by atoms with van der Waals surface area (Å²) in [6.45, 7) is 0. The van der Waals surface area contributed by atoms with E-state index in [1.54, 1.807) is 0 Å². The van der Waals surface area contributed by atoms with E-state index < -0.39 is 0 Å². The molecule has 0 N–H and O–H groups in total. The number of rotatable bonds is 3. The summed E-state index contributed by atoms with van der Waals surface area (Å²) in [6.07, 6.45) is 0.431. The van der Waals surface area contributed by atoms with Crippen LogP contribution >= 0.6 is 31.9 Å². The minimum Gasteiger partial charge on any atom is -0.286 e. The molecule has 0 saturated heterocycles. The molecule has 0 heterocycles. The smallest absolute Gasteiger partial charge is 0.202 e. The Morgan fingerprint density at radius 1 is 0.882 bits per heavy atom. The van der Waals surface area contributed by atoms with Crippen molar-refractivity contribution in [3.8, 4) is 11.1 Å². The first-order valence-corrected chi connectivity index (χ1v) is 6.77. The van der Waals surface area contributed by atoms with Crippen molar-refractivity contribution in [2.45, 2.75) is 6.42 Å². The van der Waals surface area contributed by atoms with Crippen LogP contribution in [0.15, 0.2) is 53.0 Å². The van der Waals surface area contributed by atoms with Crippen molar-refractivity contribution in [3.63, 3.8) is 0 Å². The zero-order chi connectivity index (χ0) is 12.3. The molecular weight excluding hydrogens is 344 g/mol. The molecular formula is C14H10Br2O. The SMILES string of the molecule is O=C(Br)Cc1ccc(-c2ccc(Br)cc2)cc1. The molecule has 0 aliphatic carbocycles. The quantitative estimate of drug-likeness (QED) is 0.738. The monoisotopic (exact) mass is 352 g/mol. The van der Waals surface area contributed by atoms with Gasteiger partial charge in [0.25, 0.3) is 0 Å². The molecule has 3 heteroatoms. The maximum absolute atomic E-state index is 10.9. The minimum atomic E-state index is 0.00823. The Kier molecular flexibility index (Phi) is 4.13. The van der Waals surface area contributed by atoms with Crippen molar-refractivity contribution in [1.29, 1.82) is 0 Å². The van der Waals surface area contributed by atoms with E-state index in [1.165, 1.54) is 5.56 Å². The Morgan fingerprint density at radius 2 is 1.35 bits per heavy atom. The fraction of sp³-hybridized carbons (Fsp3) is 0.0714. The molecule has 2 aromatic rings. The Bertz CT molecular complexity index is 515. The van der Waals surface area contributed by atoms with Gasteiger partial charge in [-0.3, -0.25) is 4.79 Å². The Morgan fingerprint density at radius 3 is 1.82 bits per heavy atom. The van der Waals surface area contributed by atoms with Crippen LogP contribution in [0, 0.1) is 0 Å². The first-order valence-electron chi connectivity index (χ1n) is 5.18. The number of carbonyl (C=O) groups is 1. The van der Waals surface area contributed by atoms with Crippen LogP contribution in [0.3, 0.4) is 0 Å². The first kappa shape index (κ1) is 12.5. The molecule has 0 bridgehead atoms. The lowest BCUT2D eigenvalue weighted by Crippen LogP contribution is -1.92. The zero-order valence-corrected chi connectivity index (χ0v) is 12.2. The van der Waals surface area contributed by atoms with Crippen molar-refractivity contribution in [2.75, 3.05) is 0 Å². The third-order valence-corrected chi connectivity index (χ3v) is 3.28. The molecule has 0 spiro atoms. The molecule has 0 amide bonds. The van der Waals surface area contributed by atoms with Crippen molar-refractivity contribution in [2.24, 2.45) is 0 Å². The fourth-order valence-electron chi connectivity index (χ4n) is 1.62. The molecule has 2 rings (SSSR count). The number of benzene rings is 2. The average Bonchev–Trinajstić information content (AvgIpc) is 2.30. The zero-order valence-electron chi connectivity index (χ0n) is 8.99. The topological polar surface area (TPSA) is 17.1 Å². The van der Waals surface area contributed by atoms with Crippen molar-refractivity contribution < 1.29 is 4.79 Å². The van der Waals surface area contributed by atoms with E-state index >= 15 is 0 Å². The number of carbonyl (C=O) groups excluding carboxylic acids is 1. The van der Waals surface area contributed by atoms with E-state index in [4.69, 9.17) is 0 Å². The van der Waals surface area contributed by atoms with Gasteiger partial charge in [-0.2, -0.15) is 0 Å². The van der Waals surface area contributed by atoms with E-state index in [1.807, 2.05) is 36.4 Å². The maximum atomic E-state index is 10.9. The Labute approximate surface area is 117 Å². The van der Waals surface area contributed by atoms with Crippen LogP contribution in [0.2, 0.25) is 0 Å². The summed E-state index contributed by atoms with van der Waals surface area (Å²) in [6, 6.07) is 16.2. The average molecular weight is 354 g/mol. The van der Waals surface area contributed by atoms with E-state index in [-0.39, 0.29) is 4.69 Å². The molecule has 0 fully saturated rings. The molecule has 1 nitrogen and oxygen atoms in total. The number of halogens is 2. The molecule has 0 aliphatic heterocycles. The second-order valence-electron chi connectivity index (χ2n) is 3.74. The van der Waals surface area contributed by atoms with Crippen molar-refractivity contribution >= 4 is 36.6 Å². The molecule has 2 aromatic carbocycles. The second-order valence-corrected chi connectivity index (χ2v) is 5.54. The van der Waals surface area contributed by atoms with Gasteiger partial charge in [-0.15, -0.1) is 0 Å². The molecule has 0 unspecified atom stereocenters. The minimum absolute atomic E-state index is 0.00823.